The Morgan fingerprint density at radius 1 is 1.10 bits per heavy atom. The third-order valence-electron chi connectivity index (χ3n) is 2.82. The van der Waals surface area contributed by atoms with Crippen LogP contribution in [0.1, 0.15) is 5.56 Å². The fourth-order valence-corrected chi connectivity index (χ4v) is 2.13. The van der Waals surface area contributed by atoms with Crippen LogP contribution in [0.4, 0.5) is 16.2 Å². The third kappa shape index (κ3) is 3.68. The molecule has 2 aromatic rings. The van der Waals surface area contributed by atoms with Crippen molar-refractivity contribution >= 4 is 29.2 Å². The molecule has 2 rings (SSSR count). The molecule has 2 aromatic carbocycles. The van der Waals surface area contributed by atoms with Crippen LogP contribution < -0.4 is 10.6 Å². The van der Waals surface area contributed by atoms with Crippen molar-refractivity contribution in [3.05, 3.63) is 48.0 Å². The predicted molar refractivity (Wildman–Crippen MR) is 83.7 cm³/mol. The van der Waals surface area contributed by atoms with Gasteiger partial charge < -0.3 is 15.7 Å². The number of phenolic OH excluding ortho intramolecular Hbond substituents is 1. The molecular formula is C15H16N2O2S. The lowest BCUT2D eigenvalue weighted by molar-refractivity contribution is 0.262. The molecule has 0 aromatic heterocycles. The Bertz CT molecular complexity index is 612. The molecule has 0 radical (unpaired) electrons. The Balaban J connectivity index is 2.06. The molecule has 0 atom stereocenters. The van der Waals surface area contributed by atoms with Crippen molar-refractivity contribution in [2.45, 2.75) is 11.8 Å². The van der Waals surface area contributed by atoms with E-state index in [2.05, 4.69) is 10.6 Å². The maximum absolute atomic E-state index is 11.9. The van der Waals surface area contributed by atoms with Gasteiger partial charge in [0.2, 0.25) is 0 Å². The van der Waals surface area contributed by atoms with Gasteiger partial charge in [0.25, 0.3) is 0 Å². The maximum Gasteiger partial charge on any atom is 0.323 e. The number of amides is 2. The van der Waals surface area contributed by atoms with Crippen molar-refractivity contribution < 1.29 is 9.90 Å². The fourth-order valence-electron chi connectivity index (χ4n) is 1.69. The molecule has 0 aliphatic carbocycles. The van der Waals surface area contributed by atoms with Crippen LogP contribution in [-0.4, -0.2) is 17.4 Å². The number of thioether (sulfide) groups is 1. The van der Waals surface area contributed by atoms with E-state index in [1.807, 2.05) is 31.4 Å². The quantitative estimate of drug-likeness (QED) is 0.589. The number of phenols is 1. The van der Waals surface area contributed by atoms with E-state index in [1.54, 1.807) is 23.9 Å². The summed E-state index contributed by atoms with van der Waals surface area (Å²) in [5.41, 5.74) is 2.41. The monoisotopic (exact) mass is 288 g/mol. The van der Waals surface area contributed by atoms with Crippen LogP contribution in [0, 0.1) is 6.92 Å². The first-order valence-corrected chi connectivity index (χ1v) is 7.32. The second-order valence-corrected chi connectivity index (χ2v) is 5.19. The summed E-state index contributed by atoms with van der Waals surface area (Å²) in [7, 11) is 0. The average molecular weight is 288 g/mol. The highest BCUT2D eigenvalue weighted by Crippen LogP contribution is 2.23. The Morgan fingerprint density at radius 2 is 1.80 bits per heavy atom. The molecule has 0 fully saturated rings. The molecule has 0 aliphatic heterocycles. The largest absolute Gasteiger partial charge is 0.508 e. The molecule has 0 saturated carbocycles. The number of hydrogen-bond acceptors (Lipinski definition) is 3. The fraction of sp³-hybridized carbons (Fsp3) is 0.133. The molecule has 2 amide bonds. The van der Waals surface area contributed by atoms with Crippen LogP contribution in [0.25, 0.3) is 0 Å². The molecule has 0 saturated heterocycles. The number of carbonyl (C=O) groups excluding carboxylic acids is 1. The van der Waals surface area contributed by atoms with Gasteiger partial charge in [0.15, 0.2) is 0 Å². The Morgan fingerprint density at radius 3 is 2.45 bits per heavy atom. The first-order chi connectivity index (χ1) is 9.58. The minimum Gasteiger partial charge on any atom is -0.508 e. The average Bonchev–Trinajstić information content (AvgIpc) is 2.44. The van der Waals surface area contributed by atoms with Crippen LogP contribution in [0.2, 0.25) is 0 Å². The standard InChI is InChI=1S/C15H16N2O2S/c1-10-3-8-13(20-2)9-14(10)17-15(19)16-11-4-6-12(18)7-5-11/h3-9,18H,1-2H3,(H2,16,17,19). The maximum atomic E-state index is 11.9. The lowest BCUT2D eigenvalue weighted by atomic mass is 10.2. The number of aromatic hydroxyl groups is 1. The summed E-state index contributed by atoms with van der Waals surface area (Å²) in [5, 5.41) is 14.7. The zero-order valence-electron chi connectivity index (χ0n) is 11.3. The Kier molecular flexibility index (Phi) is 4.53. The van der Waals surface area contributed by atoms with Crippen LogP contribution in [0.5, 0.6) is 5.75 Å². The lowest BCUT2D eigenvalue weighted by Gasteiger charge is -2.11. The van der Waals surface area contributed by atoms with Crippen molar-refractivity contribution in [2.75, 3.05) is 16.9 Å². The molecule has 0 unspecified atom stereocenters. The van der Waals surface area contributed by atoms with Crippen LogP contribution >= 0.6 is 11.8 Å². The molecule has 20 heavy (non-hydrogen) atoms. The summed E-state index contributed by atoms with van der Waals surface area (Å²) in [4.78, 5) is 13.0. The van der Waals surface area contributed by atoms with E-state index in [0.29, 0.717) is 5.69 Å². The number of carbonyl (C=O) groups is 1. The summed E-state index contributed by atoms with van der Waals surface area (Å²) in [6.07, 6.45) is 1.99. The van der Waals surface area contributed by atoms with Crippen molar-refractivity contribution in [3.63, 3.8) is 0 Å². The molecule has 0 aliphatic rings. The molecule has 0 bridgehead atoms. The van der Waals surface area contributed by atoms with Crippen LogP contribution in [0.3, 0.4) is 0 Å². The zero-order chi connectivity index (χ0) is 14.5. The molecule has 4 nitrogen and oxygen atoms in total. The van der Waals surface area contributed by atoms with Gasteiger partial charge >= 0.3 is 6.03 Å². The van der Waals surface area contributed by atoms with Gasteiger partial charge in [-0.2, -0.15) is 0 Å². The zero-order valence-corrected chi connectivity index (χ0v) is 12.1. The van der Waals surface area contributed by atoms with Crippen molar-refractivity contribution in [1.29, 1.82) is 0 Å². The van der Waals surface area contributed by atoms with Crippen molar-refractivity contribution in [1.82, 2.24) is 0 Å². The summed E-state index contributed by atoms with van der Waals surface area (Å²) in [6.45, 7) is 1.94. The summed E-state index contributed by atoms with van der Waals surface area (Å²) in [6, 6.07) is 11.9. The van der Waals surface area contributed by atoms with Crippen molar-refractivity contribution in [2.24, 2.45) is 0 Å². The smallest absolute Gasteiger partial charge is 0.323 e. The summed E-state index contributed by atoms with van der Waals surface area (Å²) in [5.74, 6) is 0.166. The van der Waals surface area contributed by atoms with Gasteiger partial charge in [-0.15, -0.1) is 11.8 Å². The van der Waals surface area contributed by atoms with E-state index < -0.39 is 0 Å². The normalized spacial score (nSPS) is 10.1. The highest BCUT2D eigenvalue weighted by molar-refractivity contribution is 7.98. The molecule has 0 heterocycles. The second kappa shape index (κ2) is 6.34. The number of aryl methyl sites for hydroxylation is 1. The highest BCUT2D eigenvalue weighted by atomic mass is 32.2. The van der Waals surface area contributed by atoms with Gasteiger partial charge in [0.05, 0.1) is 0 Å². The number of nitrogens with one attached hydrogen (secondary N) is 2. The topological polar surface area (TPSA) is 61.4 Å². The SMILES string of the molecule is CSc1ccc(C)c(NC(=O)Nc2ccc(O)cc2)c1. The van der Waals surface area contributed by atoms with Gasteiger partial charge in [0, 0.05) is 16.3 Å². The minimum atomic E-state index is -0.308. The molecule has 104 valence electrons. The molecule has 5 heteroatoms. The predicted octanol–water partition coefficient (Wildman–Crippen LogP) is 4.07. The number of urea groups is 1. The van der Waals surface area contributed by atoms with E-state index >= 15 is 0 Å². The number of rotatable bonds is 3. The van der Waals surface area contributed by atoms with E-state index in [9.17, 15) is 9.90 Å². The minimum absolute atomic E-state index is 0.166. The first kappa shape index (κ1) is 14.3. The lowest BCUT2D eigenvalue weighted by Crippen LogP contribution is -2.19. The van der Waals surface area contributed by atoms with Gasteiger partial charge in [0.1, 0.15) is 5.75 Å². The second-order valence-electron chi connectivity index (χ2n) is 4.31. The number of benzene rings is 2. The third-order valence-corrected chi connectivity index (χ3v) is 3.54. The molecule has 0 spiro atoms. The number of hydrogen-bond donors (Lipinski definition) is 3. The van der Waals surface area contributed by atoms with Gasteiger partial charge in [-0.1, -0.05) is 6.07 Å². The van der Waals surface area contributed by atoms with Crippen LogP contribution in [-0.2, 0) is 0 Å². The molecular weight excluding hydrogens is 272 g/mol. The van der Waals surface area contributed by atoms with E-state index in [-0.39, 0.29) is 11.8 Å². The van der Waals surface area contributed by atoms with Crippen LogP contribution in [0.15, 0.2) is 47.4 Å². The van der Waals surface area contributed by atoms with Gasteiger partial charge in [-0.3, -0.25) is 0 Å². The summed E-state index contributed by atoms with van der Waals surface area (Å²) < 4.78 is 0. The van der Waals surface area contributed by atoms with E-state index in [1.165, 1.54) is 12.1 Å². The van der Waals surface area contributed by atoms with Crippen molar-refractivity contribution in [3.8, 4) is 5.75 Å². The Labute approximate surface area is 122 Å². The first-order valence-electron chi connectivity index (χ1n) is 6.10. The highest BCUT2D eigenvalue weighted by Gasteiger charge is 2.06. The number of anilines is 2. The van der Waals surface area contributed by atoms with E-state index in [4.69, 9.17) is 0 Å². The molecule has 3 N–H and O–H groups in total. The van der Waals surface area contributed by atoms with E-state index in [0.717, 1.165) is 16.1 Å². The van der Waals surface area contributed by atoms with Gasteiger partial charge in [-0.25, -0.2) is 4.79 Å². The van der Waals surface area contributed by atoms with Gasteiger partial charge in [-0.05, 0) is 55.1 Å². The summed E-state index contributed by atoms with van der Waals surface area (Å²) >= 11 is 1.62. The Hall–Kier alpha value is -2.14.